The van der Waals surface area contributed by atoms with E-state index in [0.29, 0.717) is 11.2 Å². The molecule has 1 aromatic heterocycles. The Morgan fingerprint density at radius 3 is 3.00 bits per heavy atom. The van der Waals surface area contributed by atoms with E-state index in [1.807, 2.05) is 7.05 Å². The molecule has 88 valence electrons. The molecule has 1 aliphatic rings. The lowest BCUT2D eigenvalue weighted by Crippen LogP contribution is -2.37. The molecule has 0 N–H and O–H groups in total. The molecule has 0 aromatic carbocycles. The maximum absolute atomic E-state index is 5.82. The largest absolute Gasteiger partial charge is 0.357 e. The van der Waals surface area contributed by atoms with Crippen LogP contribution in [0.1, 0.15) is 12.8 Å². The second-order valence-electron chi connectivity index (χ2n) is 4.36. The van der Waals surface area contributed by atoms with Crippen LogP contribution in [0.5, 0.6) is 0 Å². The second kappa shape index (κ2) is 4.97. The maximum Gasteiger partial charge on any atom is 0.149 e. The first-order valence-electron chi connectivity index (χ1n) is 5.56. The fourth-order valence-corrected chi connectivity index (χ4v) is 2.28. The van der Waals surface area contributed by atoms with Crippen LogP contribution >= 0.6 is 11.6 Å². The highest BCUT2D eigenvalue weighted by atomic mass is 35.5. The molecule has 1 aliphatic heterocycles. The van der Waals surface area contributed by atoms with Gasteiger partial charge in [0.1, 0.15) is 11.0 Å². The fraction of sp³-hybridized carbons (Fsp3) is 0.636. The molecule has 0 spiro atoms. The van der Waals surface area contributed by atoms with Crippen LogP contribution in [0.4, 0.5) is 5.82 Å². The molecule has 1 saturated heterocycles. The van der Waals surface area contributed by atoms with E-state index in [0.717, 1.165) is 12.4 Å². The Morgan fingerprint density at radius 1 is 1.56 bits per heavy atom. The summed E-state index contributed by atoms with van der Waals surface area (Å²) in [5.41, 5.74) is 0. The minimum atomic E-state index is 0.448. The van der Waals surface area contributed by atoms with Crippen molar-refractivity contribution in [1.82, 2.24) is 14.9 Å². The van der Waals surface area contributed by atoms with Crippen LogP contribution in [-0.4, -0.2) is 48.1 Å². The summed E-state index contributed by atoms with van der Waals surface area (Å²) < 4.78 is 0. The molecule has 1 aromatic rings. The molecule has 5 heteroatoms. The Bertz CT molecular complexity index is 358. The van der Waals surface area contributed by atoms with Gasteiger partial charge in [0.2, 0.25) is 0 Å². The van der Waals surface area contributed by atoms with Crippen LogP contribution < -0.4 is 4.90 Å². The summed E-state index contributed by atoms with van der Waals surface area (Å²) in [6.45, 7) is 2.17. The summed E-state index contributed by atoms with van der Waals surface area (Å²) >= 11 is 5.82. The van der Waals surface area contributed by atoms with Crippen molar-refractivity contribution in [2.24, 2.45) is 0 Å². The molecular formula is C11H17ClN4. The van der Waals surface area contributed by atoms with E-state index in [4.69, 9.17) is 11.6 Å². The van der Waals surface area contributed by atoms with E-state index in [1.165, 1.54) is 19.4 Å². The number of rotatable bonds is 3. The third-order valence-corrected chi connectivity index (χ3v) is 3.32. The zero-order chi connectivity index (χ0) is 11.5. The van der Waals surface area contributed by atoms with Crippen LogP contribution in [0.2, 0.25) is 5.15 Å². The molecule has 0 radical (unpaired) electrons. The molecule has 0 saturated carbocycles. The molecular weight excluding hydrogens is 224 g/mol. The number of likely N-dealkylation sites (tertiary alicyclic amines) is 1. The number of aromatic nitrogens is 2. The van der Waals surface area contributed by atoms with Crippen molar-refractivity contribution in [3.8, 4) is 0 Å². The first kappa shape index (κ1) is 11.6. The van der Waals surface area contributed by atoms with E-state index in [2.05, 4.69) is 26.8 Å². The van der Waals surface area contributed by atoms with Gasteiger partial charge < -0.3 is 9.80 Å². The smallest absolute Gasteiger partial charge is 0.149 e. The van der Waals surface area contributed by atoms with Gasteiger partial charge in [-0.25, -0.2) is 4.98 Å². The van der Waals surface area contributed by atoms with Gasteiger partial charge in [-0.15, -0.1) is 0 Å². The summed E-state index contributed by atoms with van der Waals surface area (Å²) in [7, 11) is 4.21. The van der Waals surface area contributed by atoms with Crippen molar-refractivity contribution in [2.75, 3.05) is 32.1 Å². The highest BCUT2D eigenvalue weighted by Crippen LogP contribution is 2.18. The predicted octanol–water partition coefficient (Wildman–Crippen LogP) is 1.66. The monoisotopic (exact) mass is 240 g/mol. The highest BCUT2D eigenvalue weighted by Gasteiger charge is 2.22. The zero-order valence-electron chi connectivity index (χ0n) is 9.73. The molecule has 1 unspecified atom stereocenters. The Balaban J connectivity index is 1.99. The van der Waals surface area contributed by atoms with E-state index < -0.39 is 0 Å². The minimum absolute atomic E-state index is 0.448. The first-order valence-corrected chi connectivity index (χ1v) is 5.93. The predicted molar refractivity (Wildman–Crippen MR) is 66.0 cm³/mol. The quantitative estimate of drug-likeness (QED) is 0.805. The fourth-order valence-electron chi connectivity index (χ4n) is 2.14. The topological polar surface area (TPSA) is 32.3 Å². The summed E-state index contributed by atoms with van der Waals surface area (Å²) in [5, 5.41) is 0.448. The summed E-state index contributed by atoms with van der Waals surface area (Å²) in [6.07, 6.45) is 5.85. The van der Waals surface area contributed by atoms with Crippen LogP contribution in [-0.2, 0) is 0 Å². The molecule has 4 nitrogen and oxygen atoms in total. The van der Waals surface area contributed by atoms with Crippen LogP contribution in [0, 0.1) is 0 Å². The number of anilines is 1. The van der Waals surface area contributed by atoms with Crippen molar-refractivity contribution in [1.29, 1.82) is 0 Å². The third-order valence-electron chi connectivity index (χ3n) is 3.14. The Kier molecular flexibility index (Phi) is 3.61. The normalized spacial score (nSPS) is 21.3. The third kappa shape index (κ3) is 2.62. The maximum atomic E-state index is 5.82. The van der Waals surface area contributed by atoms with E-state index in [-0.39, 0.29) is 0 Å². The van der Waals surface area contributed by atoms with Crippen molar-refractivity contribution in [2.45, 2.75) is 18.9 Å². The summed E-state index contributed by atoms with van der Waals surface area (Å²) in [6, 6.07) is 0.616. The average molecular weight is 241 g/mol. The van der Waals surface area contributed by atoms with Gasteiger partial charge in [-0.3, -0.25) is 4.98 Å². The van der Waals surface area contributed by atoms with Gasteiger partial charge in [-0.1, -0.05) is 11.6 Å². The molecule has 16 heavy (non-hydrogen) atoms. The van der Waals surface area contributed by atoms with E-state index in [9.17, 15) is 0 Å². The van der Waals surface area contributed by atoms with E-state index in [1.54, 1.807) is 12.4 Å². The second-order valence-corrected chi connectivity index (χ2v) is 4.74. The lowest BCUT2D eigenvalue weighted by Gasteiger charge is -2.26. The number of hydrogen-bond acceptors (Lipinski definition) is 4. The molecule has 0 bridgehead atoms. The van der Waals surface area contributed by atoms with Crippen LogP contribution in [0.3, 0.4) is 0 Å². The van der Waals surface area contributed by atoms with Crippen LogP contribution in [0.25, 0.3) is 0 Å². The highest BCUT2D eigenvalue weighted by molar-refractivity contribution is 6.29. The van der Waals surface area contributed by atoms with E-state index >= 15 is 0 Å². The van der Waals surface area contributed by atoms with Gasteiger partial charge in [0.25, 0.3) is 0 Å². The first-order chi connectivity index (χ1) is 7.66. The molecule has 2 heterocycles. The van der Waals surface area contributed by atoms with Crippen molar-refractivity contribution < 1.29 is 0 Å². The van der Waals surface area contributed by atoms with Gasteiger partial charge in [-0.2, -0.15) is 0 Å². The minimum Gasteiger partial charge on any atom is -0.357 e. The molecule has 1 atom stereocenters. The lowest BCUT2D eigenvalue weighted by molar-refractivity contribution is 0.314. The SMILES string of the molecule is CN(CC1CCCN1C)c1cncc(Cl)n1. The number of likely N-dealkylation sites (N-methyl/N-ethyl adjacent to an activating group) is 2. The van der Waals surface area contributed by atoms with Gasteiger partial charge in [0.15, 0.2) is 0 Å². The van der Waals surface area contributed by atoms with Gasteiger partial charge in [0, 0.05) is 19.6 Å². The Morgan fingerprint density at radius 2 is 2.38 bits per heavy atom. The van der Waals surface area contributed by atoms with Crippen molar-refractivity contribution >= 4 is 17.4 Å². The Labute approximate surface area is 101 Å². The lowest BCUT2D eigenvalue weighted by atomic mass is 10.2. The van der Waals surface area contributed by atoms with Gasteiger partial charge in [-0.05, 0) is 26.4 Å². The van der Waals surface area contributed by atoms with Gasteiger partial charge >= 0.3 is 0 Å². The van der Waals surface area contributed by atoms with Crippen molar-refractivity contribution in [3.05, 3.63) is 17.5 Å². The number of nitrogens with zero attached hydrogens (tertiary/aromatic N) is 4. The number of halogens is 1. The summed E-state index contributed by atoms with van der Waals surface area (Å²) in [5.74, 6) is 0.841. The molecule has 0 aliphatic carbocycles. The molecule has 1 fully saturated rings. The average Bonchev–Trinajstić information content (AvgIpc) is 2.64. The molecule has 2 rings (SSSR count). The summed E-state index contributed by atoms with van der Waals surface area (Å²) in [4.78, 5) is 12.8. The standard InChI is InChI=1S/C11H17ClN4/c1-15-5-3-4-9(15)8-16(2)11-7-13-6-10(12)14-11/h6-7,9H,3-5,8H2,1-2H3. The Hall–Kier alpha value is -0.870. The van der Waals surface area contributed by atoms with Crippen LogP contribution in [0.15, 0.2) is 12.4 Å². The van der Waals surface area contributed by atoms with Crippen molar-refractivity contribution in [3.63, 3.8) is 0 Å². The molecule has 0 amide bonds. The zero-order valence-corrected chi connectivity index (χ0v) is 10.5. The number of hydrogen-bond donors (Lipinski definition) is 0. The van der Waals surface area contributed by atoms with Gasteiger partial charge in [0.05, 0.1) is 12.4 Å².